The van der Waals surface area contributed by atoms with Crippen LogP contribution < -0.4 is 4.74 Å². The Labute approximate surface area is 153 Å². The van der Waals surface area contributed by atoms with Gasteiger partial charge in [-0.05, 0) is 31.2 Å². The molecule has 0 saturated carbocycles. The van der Waals surface area contributed by atoms with Gasteiger partial charge >= 0.3 is 0 Å². The van der Waals surface area contributed by atoms with Crippen molar-refractivity contribution in [3.05, 3.63) is 47.6 Å². The number of furan rings is 1. The molecule has 0 radical (unpaired) electrons. The molecule has 0 aliphatic carbocycles. The summed E-state index contributed by atoms with van der Waals surface area (Å²) < 4.78 is 16.6. The zero-order chi connectivity index (χ0) is 19.1. The third-order valence-corrected chi connectivity index (χ3v) is 4.30. The number of carbonyl (C=O) groups excluding carboxylic acids is 1. The number of hydrogen-bond acceptors (Lipinski definition) is 7. The fourth-order valence-corrected chi connectivity index (χ4v) is 2.64. The van der Waals surface area contributed by atoms with E-state index in [9.17, 15) is 9.90 Å². The smallest absolute Gasteiger partial charge is 0.260 e. The number of aromatic nitrogens is 1. The number of aliphatic hydroxyl groups excluding tert-OH is 1. The van der Waals surface area contributed by atoms with E-state index in [4.69, 9.17) is 13.7 Å². The van der Waals surface area contributed by atoms with E-state index in [0.29, 0.717) is 24.2 Å². The monoisotopic (exact) mass is 362 g/mol. The minimum atomic E-state index is -1.24. The standard InChI is InChI=1S/C19H26N2O5/c1-5-8-10-25-19-15(16(23)17-13(12-22)9-11-24-17)18(26-20-19)14(6-2)21(4)7-3/h6,9,11-12,14,16,23H,2,5,7-8,10H2,1,3-4H3/t14-,16?/m0/s1. The summed E-state index contributed by atoms with van der Waals surface area (Å²) in [6.07, 6.45) is 4.27. The molecule has 2 heterocycles. The minimum Gasteiger partial charge on any atom is -0.475 e. The van der Waals surface area contributed by atoms with Crippen molar-refractivity contribution in [1.29, 1.82) is 0 Å². The highest BCUT2D eigenvalue weighted by Gasteiger charge is 2.33. The lowest BCUT2D eigenvalue weighted by Gasteiger charge is -2.23. The summed E-state index contributed by atoms with van der Waals surface area (Å²) in [5, 5.41) is 14.9. The van der Waals surface area contributed by atoms with Crippen LogP contribution in [0.4, 0.5) is 0 Å². The number of hydrogen-bond donors (Lipinski definition) is 1. The Kier molecular flexibility index (Phi) is 7.17. The summed E-state index contributed by atoms with van der Waals surface area (Å²) in [4.78, 5) is 13.2. The molecule has 0 spiro atoms. The van der Waals surface area contributed by atoms with Crippen LogP contribution in [-0.2, 0) is 0 Å². The van der Waals surface area contributed by atoms with Crippen molar-refractivity contribution >= 4 is 6.29 Å². The van der Waals surface area contributed by atoms with E-state index < -0.39 is 6.10 Å². The molecule has 7 nitrogen and oxygen atoms in total. The topological polar surface area (TPSA) is 88.9 Å². The summed E-state index contributed by atoms with van der Waals surface area (Å²) in [5.74, 6) is 0.744. The molecule has 0 fully saturated rings. The highest BCUT2D eigenvalue weighted by Crippen LogP contribution is 2.38. The van der Waals surface area contributed by atoms with Crippen molar-refractivity contribution in [2.24, 2.45) is 0 Å². The molecule has 2 aromatic heterocycles. The average molecular weight is 362 g/mol. The average Bonchev–Trinajstić information content (AvgIpc) is 3.29. The van der Waals surface area contributed by atoms with E-state index in [0.717, 1.165) is 19.4 Å². The van der Waals surface area contributed by atoms with Gasteiger partial charge in [-0.25, -0.2) is 0 Å². The normalized spacial score (nSPS) is 13.6. The number of carbonyl (C=O) groups is 1. The molecule has 2 aromatic rings. The minimum absolute atomic E-state index is 0.131. The zero-order valence-electron chi connectivity index (χ0n) is 15.5. The number of rotatable bonds is 11. The number of nitrogens with zero attached hydrogens (tertiary/aromatic N) is 2. The van der Waals surface area contributed by atoms with Crippen LogP contribution in [0.5, 0.6) is 5.88 Å². The fourth-order valence-electron chi connectivity index (χ4n) is 2.64. The molecule has 0 aromatic carbocycles. The van der Waals surface area contributed by atoms with Crippen molar-refractivity contribution in [1.82, 2.24) is 10.1 Å². The van der Waals surface area contributed by atoms with Crippen LogP contribution in [0.25, 0.3) is 0 Å². The van der Waals surface area contributed by atoms with E-state index in [2.05, 4.69) is 18.7 Å². The van der Waals surface area contributed by atoms with E-state index in [1.807, 2.05) is 18.9 Å². The number of likely N-dealkylation sites (N-methyl/N-ethyl adjacent to an activating group) is 1. The molecule has 2 rings (SSSR count). The van der Waals surface area contributed by atoms with Crippen LogP contribution in [0.15, 0.2) is 33.9 Å². The predicted octanol–water partition coefficient (Wildman–Crippen LogP) is 3.52. The van der Waals surface area contributed by atoms with Gasteiger partial charge in [0.25, 0.3) is 5.88 Å². The first-order valence-corrected chi connectivity index (χ1v) is 8.74. The highest BCUT2D eigenvalue weighted by atomic mass is 16.5. The van der Waals surface area contributed by atoms with Gasteiger partial charge in [0, 0.05) is 0 Å². The number of aliphatic hydroxyl groups is 1. The molecule has 26 heavy (non-hydrogen) atoms. The summed E-state index contributed by atoms with van der Waals surface area (Å²) in [6, 6.07) is 1.19. The van der Waals surface area contributed by atoms with Gasteiger partial charge in [0.05, 0.1) is 30.0 Å². The molecule has 2 atom stereocenters. The Bertz CT molecular complexity index is 721. The van der Waals surface area contributed by atoms with Crippen LogP contribution in [0.1, 0.15) is 66.3 Å². The van der Waals surface area contributed by atoms with Crippen molar-refractivity contribution in [2.45, 2.75) is 38.8 Å². The van der Waals surface area contributed by atoms with Gasteiger partial charge in [-0.15, -0.1) is 6.58 Å². The first kappa shape index (κ1) is 19.9. The lowest BCUT2D eigenvalue weighted by atomic mass is 10.0. The van der Waals surface area contributed by atoms with Gasteiger partial charge in [-0.1, -0.05) is 26.3 Å². The van der Waals surface area contributed by atoms with E-state index >= 15 is 0 Å². The maximum Gasteiger partial charge on any atom is 0.260 e. The second-order valence-corrected chi connectivity index (χ2v) is 5.98. The van der Waals surface area contributed by atoms with Crippen molar-refractivity contribution in [3.63, 3.8) is 0 Å². The third-order valence-electron chi connectivity index (χ3n) is 4.30. The Hall–Kier alpha value is -2.38. The molecule has 0 saturated heterocycles. The summed E-state index contributed by atoms with van der Waals surface area (Å²) in [5.41, 5.74) is 0.618. The molecule has 0 aliphatic heterocycles. The van der Waals surface area contributed by atoms with Crippen LogP contribution >= 0.6 is 0 Å². The summed E-state index contributed by atoms with van der Waals surface area (Å²) >= 11 is 0. The van der Waals surface area contributed by atoms with E-state index in [-0.39, 0.29) is 23.2 Å². The second kappa shape index (κ2) is 9.35. The van der Waals surface area contributed by atoms with Crippen LogP contribution in [0.3, 0.4) is 0 Å². The van der Waals surface area contributed by atoms with Crippen LogP contribution in [0.2, 0.25) is 0 Å². The summed E-state index contributed by atoms with van der Waals surface area (Å²) in [6.45, 7) is 9.09. The molecule has 0 amide bonds. The molecule has 142 valence electrons. The first-order valence-electron chi connectivity index (χ1n) is 8.74. The molecular formula is C19H26N2O5. The second-order valence-electron chi connectivity index (χ2n) is 5.98. The molecule has 1 unspecified atom stereocenters. The van der Waals surface area contributed by atoms with Crippen molar-refractivity contribution in [2.75, 3.05) is 20.2 Å². The Morgan fingerprint density at radius 1 is 1.42 bits per heavy atom. The molecular weight excluding hydrogens is 336 g/mol. The molecule has 1 N–H and O–H groups in total. The van der Waals surface area contributed by atoms with Gasteiger partial charge in [0.15, 0.2) is 12.0 Å². The van der Waals surface area contributed by atoms with E-state index in [1.165, 1.54) is 12.3 Å². The first-order chi connectivity index (χ1) is 12.6. The SMILES string of the molecule is C=C[C@@H](c1onc(OCCCC)c1C(O)c1occc1C=O)N(C)CC. The maximum absolute atomic E-state index is 11.2. The van der Waals surface area contributed by atoms with Gasteiger partial charge in [-0.3, -0.25) is 9.69 Å². The molecule has 7 heteroatoms. The van der Waals surface area contributed by atoms with E-state index in [1.54, 1.807) is 6.08 Å². The summed E-state index contributed by atoms with van der Waals surface area (Å²) in [7, 11) is 1.91. The lowest BCUT2D eigenvalue weighted by Crippen LogP contribution is -2.23. The Morgan fingerprint density at radius 3 is 2.81 bits per heavy atom. The van der Waals surface area contributed by atoms with Crippen molar-refractivity contribution < 1.29 is 23.6 Å². The van der Waals surface area contributed by atoms with Crippen molar-refractivity contribution in [3.8, 4) is 5.88 Å². The van der Waals surface area contributed by atoms with Gasteiger partial charge in [0.1, 0.15) is 11.9 Å². The Morgan fingerprint density at radius 2 is 2.19 bits per heavy atom. The van der Waals surface area contributed by atoms with Gasteiger partial charge in [-0.2, -0.15) is 0 Å². The van der Waals surface area contributed by atoms with Crippen LogP contribution in [0, 0.1) is 0 Å². The third kappa shape index (κ3) is 4.05. The Balaban J connectivity index is 2.49. The number of aldehydes is 1. The predicted molar refractivity (Wildman–Crippen MR) is 96.3 cm³/mol. The van der Waals surface area contributed by atoms with Crippen LogP contribution in [-0.4, -0.2) is 41.6 Å². The fraction of sp³-hybridized carbons (Fsp3) is 0.474. The van der Waals surface area contributed by atoms with Gasteiger partial charge in [0.2, 0.25) is 0 Å². The molecule has 0 aliphatic rings. The zero-order valence-corrected chi connectivity index (χ0v) is 15.5. The number of unbranched alkanes of at least 4 members (excludes halogenated alkanes) is 1. The lowest BCUT2D eigenvalue weighted by molar-refractivity contribution is 0.111. The quantitative estimate of drug-likeness (QED) is 0.372. The largest absolute Gasteiger partial charge is 0.475 e. The molecule has 0 bridgehead atoms. The number of ether oxygens (including phenoxy) is 1. The maximum atomic E-state index is 11.2. The van der Waals surface area contributed by atoms with Gasteiger partial charge < -0.3 is 18.8 Å². The highest BCUT2D eigenvalue weighted by molar-refractivity contribution is 5.76.